The number of hydrogen-bond acceptors (Lipinski definition) is 3. The van der Waals surface area contributed by atoms with E-state index >= 15 is 0 Å². The Morgan fingerprint density at radius 1 is 1.11 bits per heavy atom. The van der Waals surface area contributed by atoms with Crippen LogP contribution in [0.25, 0.3) is 0 Å². The van der Waals surface area contributed by atoms with Gasteiger partial charge in [0.15, 0.2) is 17.5 Å². The van der Waals surface area contributed by atoms with E-state index in [-0.39, 0.29) is 48.3 Å². The predicted octanol–water partition coefficient (Wildman–Crippen LogP) is 3.46. The van der Waals surface area contributed by atoms with Crippen LogP contribution in [0.3, 0.4) is 0 Å². The summed E-state index contributed by atoms with van der Waals surface area (Å²) in [6.45, 7) is 5.48. The molecular weight excluding hydrogens is 460 g/mol. The Bertz CT molecular complexity index is 728. The average Bonchev–Trinajstić information content (AvgIpc) is 2.66. The van der Waals surface area contributed by atoms with Gasteiger partial charge in [0.2, 0.25) is 0 Å². The quantitative estimate of drug-likeness (QED) is 0.303. The summed E-state index contributed by atoms with van der Waals surface area (Å²) in [6.07, 6.45) is -0.236. The first-order chi connectivity index (χ1) is 12.6. The van der Waals surface area contributed by atoms with Gasteiger partial charge in [0.05, 0.1) is 19.7 Å². The third-order valence-electron chi connectivity index (χ3n) is 3.76. The van der Waals surface area contributed by atoms with Crippen LogP contribution in [0.5, 0.6) is 5.75 Å². The Labute approximate surface area is 177 Å². The summed E-state index contributed by atoms with van der Waals surface area (Å²) in [6, 6.07) is 14.0. The van der Waals surface area contributed by atoms with Crippen molar-refractivity contribution in [2.24, 2.45) is 4.99 Å². The van der Waals surface area contributed by atoms with Crippen LogP contribution in [-0.4, -0.2) is 30.3 Å². The molecule has 0 bridgehead atoms. The minimum absolute atomic E-state index is 0. The first kappa shape index (κ1) is 23.2. The topological polar surface area (TPSA) is 65.9 Å². The van der Waals surface area contributed by atoms with Crippen LogP contribution in [-0.2, 0) is 13.2 Å². The molecule has 0 aliphatic heterocycles. The van der Waals surface area contributed by atoms with E-state index in [4.69, 9.17) is 4.74 Å². The van der Waals surface area contributed by atoms with Gasteiger partial charge in [-0.3, -0.25) is 0 Å². The van der Waals surface area contributed by atoms with E-state index in [1.165, 1.54) is 6.07 Å². The number of aliphatic hydroxyl groups is 1. The van der Waals surface area contributed by atoms with Crippen LogP contribution < -0.4 is 15.4 Å². The van der Waals surface area contributed by atoms with Crippen molar-refractivity contribution in [3.63, 3.8) is 0 Å². The van der Waals surface area contributed by atoms with E-state index < -0.39 is 0 Å². The molecule has 0 fully saturated rings. The molecule has 0 heterocycles. The van der Waals surface area contributed by atoms with E-state index in [9.17, 15) is 9.50 Å². The number of guanidine groups is 1. The third kappa shape index (κ3) is 7.72. The summed E-state index contributed by atoms with van der Waals surface area (Å²) >= 11 is 0. The highest BCUT2D eigenvalue weighted by Gasteiger charge is 2.09. The van der Waals surface area contributed by atoms with Crippen LogP contribution in [0.4, 0.5) is 4.39 Å². The highest BCUT2D eigenvalue weighted by molar-refractivity contribution is 14.0. The zero-order chi connectivity index (χ0) is 18.8. The number of rotatable bonds is 8. The molecule has 0 aliphatic rings. The van der Waals surface area contributed by atoms with Crippen LogP contribution in [0.15, 0.2) is 53.5 Å². The minimum Gasteiger partial charge on any atom is -0.486 e. The van der Waals surface area contributed by atoms with E-state index in [0.717, 1.165) is 17.7 Å². The maximum atomic E-state index is 13.6. The standard InChI is InChI=1S/C20H26FN3O2.HI/c1-3-22-20(24-13-16-8-4-5-9-17(16)14-25)23-12-15(2)26-19-11-7-6-10-18(19)21;/h4-11,15,25H,3,12-14H2,1-2H3,(H2,22,23,24);1H. The van der Waals surface area contributed by atoms with Crippen LogP contribution in [0.1, 0.15) is 25.0 Å². The second kappa shape index (κ2) is 12.5. The molecule has 2 rings (SSSR count). The Balaban J connectivity index is 0.00000364. The number of aliphatic hydroxyl groups excluding tert-OH is 1. The Morgan fingerprint density at radius 3 is 2.44 bits per heavy atom. The lowest BCUT2D eigenvalue weighted by Crippen LogP contribution is -2.41. The summed E-state index contributed by atoms with van der Waals surface area (Å²) in [5.41, 5.74) is 1.84. The largest absolute Gasteiger partial charge is 0.486 e. The number of benzene rings is 2. The fourth-order valence-corrected chi connectivity index (χ4v) is 2.41. The molecule has 1 unspecified atom stereocenters. The van der Waals surface area contributed by atoms with Gasteiger partial charge in [-0.15, -0.1) is 24.0 Å². The van der Waals surface area contributed by atoms with Crippen molar-refractivity contribution in [3.05, 3.63) is 65.5 Å². The third-order valence-corrected chi connectivity index (χ3v) is 3.76. The Hall–Kier alpha value is -1.87. The lowest BCUT2D eigenvalue weighted by atomic mass is 10.1. The summed E-state index contributed by atoms with van der Waals surface area (Å²) in [7, 11) is 0. The lowest BCUT2D eigenvalue weighted by Gasteiger charge is -2.18. The van der Waals surface area contributed by atoms with E-state index in [1.807, 2.05) is 38.1 Å². The molecule has 2 aromatic rings. The fraction of sp³-hybridized carbons (Fsp3) is 0.350. The van der Waals surface area contributed by atoms with Gasteiger partial charge >= 0.3 is 0 Å². The molecular formula is C20H27FIN3O2. The van der Waals surface area contributed by atoms with Gasteiger partial charge in [0.25, 0.3) is 0 Å². The average molecular weight is 487 g/mol. The van der Waals surface area contributed by atoms with Crippen LogP contribution >= 0.6 is 24.0 Å². The number of para-hydroxylation sites is 1. The second-order valence-corrected chi connectivity index (χ2v) is 5.86. The number of ether oxygens (including phenoxy) is 1. The van der Waals surface area contributed by atoms with Gasteiger partial charge in [0.1, 0.15) is 6.10 Å². The molecule has 0 radical (unpaired) electrons. The minimum atomic E-state index is -0.375. The molecule has 27 heavy (non-hydrogen) atoms. The Kier molecular flexibility index (Phi) is 10.7. The molecule has 0 aromatic heterocycles. The number of halogens is 2. The molecule has 5 nitrogen and oxygen atoms in total. The van der Waals surface area contributed by atoms with Crippen molar-refractivity contribution in [3.8, 4) is 5.75 Å². The molecule has 148 valence electrons. The van der Waals surface area contributed by atoms with Gasteiger partial charge in [-0.05, 0) is 37.1 Å². The Morgan fingerprint density at radius 2 is 1.78 bits per heavy atom. The normalized spacial score (nSPS) is 12.1. The first-order valence-electron chi connectivity index (χ1n) is 8.75. The number of aliphatic imine (C=N–C) groups is 1. The van der Waals surface area contributed by atoms with Gasteiger partial charge < -0.3 is 20.5 Å². The predicted molar refractivity (Wildman–Crippen MR) is 117 cm³/mol. The van der Waals surface area contributed by atoms with E-state index in [0.29, 0.717) is 19.0 Å². The van der Waals surface area contributed by atoms with E-state index in [2.05, 4.69) is 15.6 Å². The summed E-state index contributed by atoms with van der Waals surface area (Å²) < 4.78 is 19.3. The van der Waals surface area contributed by atoms with Crippen molar-refractivity contribution >= 4 is 29.9 Å². The number of hydrogen-bond donors (Lipinski definition) is 3. The molecule has 7 heteroatoms. The second-order valence-electron chi connectivity index (χ2n) is 5.86. The van der Waals surface area contributed by atoms with Crippen LogP contribution in [0.2, 0.25) is 0 Å². The summed E-state index contributed by atoms with van der Waals surface area (Å²) in [4.78, 5) is 4.54. The lowest BCUT2D eigenvalue weighted by molar-refractivity contribution is 0.214. The molecule has 1 atom stereocenters. The van der Waals surface area contributed by atoms with E-state index in [1.54, 1.807) is 18.2 Å². The molecule has 0 amide bonds. The van der Waals surface area contributed by atoms with Crippen molar-refractivity contribution < 1.29 is 14.2 Å². The van der Waals surface area contributed by atoms with Gasteiger partial charge in [-0.1, -0.05) is 36.4 Å². The monoisotopic (exact) mass is 487 g/mol. The summed E-state index contributed by atoms with van der Waals surface area (Å²) in [5, 5.41) is 15.8. The maximum absolute atomic E-state index is 13.6. The highest BCUT2D eigenvalue weighted by Crippen LogP contribution is 2.16. The van der Waals surface area contributed by atoms with Crippen molar-refractivity contribution in [1.29, 1.82) is 0 Å². The van der Waals surface area contributed by atoms with Crippen molar-refractivity contribution in [2.45, 2.75) is 33.1 Å². The molecule has 0 saturated heterocycles. The zero-order valence-electron chi connectivity index (χ0n) is 15.6. The first-order valence-corrected chi connectivity index (χ1v) is 8.75. The number of nitrogens with zero attached hydrogens (tertiary/aromatic N) is 1. The molecule has 0 spiro atoms. The molecule has 0 aliphatic carbocycles. The van der Waals surface area contributed by atoms with Gasteiger partial charge in [-0.2, -0.15) is 0 Å². The number of nitrogens with one attached hydrogen (secondary N) is 2. The highest BCUT2D eigenvalue weighted by atomic mass is 127. The molecule has 3 N–H and O–H groups in total. The summed E-state index contributed by atoms with van der Waals surface area (Å²) in [5.74, 6) is 0.505. The zero-order valence-corrected chi connectivity index (χ0v) is 17.9. The SMILES string of the molecule is CCNC(=NCc1ccccc1CO)NCC(C)Oc1ccccc1F.I. The van der Waals surface area contributed by atoms with Crippen molar-refractivity contribution in [2.75, 3.05) is 13.1 Å². The van der Waals surface area contributed by atoms with Gasteiger partial charge in [0, 0.05) is 6.54 Å². The molecule has 0 saturated carbocycles. The molecule has 2 aromatic carbocycles. The fourth-order valence-electron chi connectivity index (χ4n) is 2.41. The van der Waals surface area contributed by atoms with Crippen molar-refractivity contribution in [1.82, 2.24) is 10.6 Å². The van der Waals surface area contributed by atoms with Gasteiger partial charge in [-0.25, -0.2) is 9.38 Å². The smallest absolute Gasteiger partial charge is 0.191 e. The maximum Gasteiger partial charge on any atom is 0.191 e. The van der Waals surface area contributed by atoms with Crippen LogP contribution in [0, 0.1) is 5.82 Å².